The van der Waals surface area contributed by atoms with Crippen molar-refractivity contribution in [3.05, 3.63) is 29.5 Å². The van der Waals surface area contributed by atoms with Gasteiger partial charge < -0.3 is 20.4 Å². The lowest BCUT2D eigenvalue weighted by molar-refractivity contribution is 0.261. The summed E-state index contributed by atoms with van der Waals surface area (Å²) in [6, 6.07) is 6.05. The minimum Gasteiger partial charge on any atom is -0.497 e. The van der Waals surface area contributed by atoms with Gasteiger partial charge in [-0.15, -0.1) is 0 Å². The molecule has 0 saturated heterocycles. The summed E-state index contributed by atoms with van der Waals surface area (Å²) in [5.74, 6) is 1.48. The highest BCUT2D eigenvalue weighted by atomic mass is 79.9. The lowest BCUT2D eigenvalue weighted by atomic mass is 9.84. The Labute approximate surface area is 168 Å². The lowest BCUT2D eigenvalue weighted by Crippen LogP contribution is -2.30. The van der Waals surface area contributed by atoms with Gasteiger partial charge in [-0.1, -0.05) is 15.9 Å². The van der Waals surface area contributed by atoms with E-state index in [9.17, 15) is 0 Å². The van der Waals surface area contributed by atoms with E-state index in [2.05, 4.69) is 32.9 Å². The molecule has 0 spiro atoms. The number of aryl methyl sites for hydroxylation is 1. The van der Waals surface area contributed by atoms with Crippen LogP contribution in [-0.4, -0.2) is 47.4 Å². The molecule has 4 rings (SSSR count). The average molecular weight is 431 g/mol. The molecule has 3 N–H and O–H groups in total. The Morgan fingerprint density at radius 2 is 2.26 bits per heavy atom. The fourth-order valence-corrected chi connectivity index (χ4v) is 4.58. The van der Waals surface area contributed by atoms with E-state index in [1.165, 1.54) is 18.4 Å². The number of nitrogens with two attached hydrogens (primary N) is 1. The fourth-order valence-electron chi connectivity index (χ4n) is 4.33. The third-order valence-corrected chi connectivity index (χ3v) is 6.26. The van der Waals surface area contributed by atoms with Crippen LogP contribution >= 0.6 is 15.9 Å². The fraction of sp³-hybridized carbons (Fsp3) is 0.476. The molecular formula is C21H27BrN4O. The zero-order valence-electron chi connectivity index (χ0n) is 16.0. The quantitative estimate of drug-likeness (QED) is 0.576. The summed E-state index contributed by atoms with van der Waals surface area (Å²) >= 11 is 3.52. The number of methoxy groups -OCH3 is 1. The van der Waals surface area contributed by atoms with Gasteiger partial charge >= 0.3 is 0 Å². The maximum atomic E-state index is 6.69. The molecule has 1 aromatic carbocycles. The van der Waals surface area contributed by atoms with E-state index in [1.807, 2.05) is 18.2 Å². The number of hydrogen-bond donors (Lipinski definition) is 2. The summed E-state index contributed by atoms with van der Waals surface area (Å²) in [7, 11) is 3.91. The van der Waals surface area contributed by atoms with E-state index in [-0.39, 0.29) is 0 Å². The number of nitrogens with one attached hydrogen (secondary N) is 1. The molecule has 27 heavy (non-hydrogen) atoms. The van der Waals surface area contributed by atoms with Crippen molar-refractivity contribution in [2.45, 2.75) is 25.7 Å². The molecule has 144 valence electrons. The van der Waals surface area contributed by atoms with Crippen molar-refractivity contribution in [1.82, 2.24) is 14.9 Å². The zero-order valence-corrected chi connectivity index (χ0v) is 17.6. The van der Waals surface area contributed by atoms with E-state index >= 15 is 0 Å². The monoisotopic (exact) mass is 430 g/mol. The van der Waals surface area contributed by atoms with E-state index < -0.39 is 0 Å². The molecule has 1 unspecified atom stereocenters. The number of H-pyrrole nitrogens is 1. The summed E-state index contributed by atoms with van der Waals surface area (Å²) in [5.41, 5.74) is 11.9. The zero-order chi connectivity index (χ0) is 19.0. The van der Waals surface area contributed by atoms with Gasteiger partial charge in [0.25, 0.3) is 0 Å². The van der Waals surface area contributed by atoms with Gasteiger partial charge in [0.2, 0.25) is 0 Å². The van der Waals surface area contributed by atoms with Crippen molar-refractivity contribution in [2.75, 3.05) is 38.3 Å². The van der Waals surface area contributed by atoms with Crippen LogP contribution in [0.1, 0.15) is 24.1 Å². The number of benzene rings is 1. The number of aromatic amines is 1. The van der Waals surface area contributed by atoms with Crippen molar-refractivity contribution >= 4 is 43.6 Å². The van der Waals surface area contributed by atoms with E-state index in [0.717, 1.165) is 70.3 Å². The van der Waals surface area contributed by atoms with E-state index in [4.69, 9.17) is 15.5 Å². The van der Waals surface area contributed by atoms with Gasteiger partial charge in [-0.3, -0.25) is 0 Å². The molecule has 2 aromatic heterocycles. The predicted molar refractivity (Wildman–Crippen MR) is 116 cm³/mol. The van der Waals surface area contributed by atoms with Crippen LogP contribution in [-0.2, 0) is 12.8 Å². The molecule has 0 fully saturated rings. The van der Waals surface area contributed by atoms with Crippen LogP contribution in [0.2, 0.25) is 0 Å². The second-order valence-corrected chi connectivity index (χ2v) is 8.42. The first-order valence-electron chi connectivity index (χ1n) is 9.62. The minimum atomic E-state index is 0.638. The first kappa shape index (κ1) is 18.6. The van der Waals surface area contributed by atoms with Gasteiger partial charge in [0.15, 0.2) is 0 Å². The lowest BCUT2D eigenvalue weighted by Gasteiger charge is -2.29. The van der Waals surface area contributed by atoms with Crippen molar-refractivity contribution in [1.29, 1.82) is 0 Å². The summed E-state index contributed by atoms with van der Waals surface area (Å²) in [5, 5.41) is 3.19. The number of halogens is 1. The molecule has 0 bridgehead atoms. The van der Waals surface area contributed by atoms with Crippen LogP contribution in [0.25, 0.3) is 21.9 Å². The highest BCUT2D eigenvalue weighted by Gasteiger charge is 2.25. The number of alkyl halides is 1. The smallest absolute Gasteiger partial charge is 0.140 e. The molecule has 1 atom stereocenters. The number of hydrogen-bond acceptors (Lipinski definition) is 4. The van der Waals surface area contributed by atoms with Crippen LogP contribution < -0.4 is 10.5 Å². The largest absolute Gasteiger partial charge is 0.497 e. The molecule has 0 amide bonds. The molecule has 0 radical (unpaired) electrons. The summed E-state index contributed by atoms with van der Waals surface area (Å²) in [4.78, 5) is 10.8. The van der Waals surface area contributed by atoms with Crippen LogP contribution in [0, 0.1) is 5.92 Å². The maximum absolute atomic E-state index is 6.69. The van der Waals surface area contributed by atoms with Crippen LogP contribution in [0.15, 0.2) is 18.2 Å². The normalized spacial score (nSPS) is 17.0. The Kier molecular flexibility index (Phi) is 5.28. The molecular weight excluding hydrogens is 404 g/mol. The number of nitrogen functional groups attached to an aromatic ring is 1. The molecule has 1 aliphatic carbocycles. The Morgan fingerprint density at radius 1 is 1.41 bits per heavy atom. The molecule has 3 aromatic rings. The second kappa shape index (κ2) is 7.68. The van der Waals surface area contributed by atoms with Crippen LogP contribution in [0.5, 0.6) is 5.75 Å². The van der Waals surface area contributed by atoms with Crippen molar-refractivity contribution in [3.8, 4) is 5.75 Å². The van der Waals surface area contributed by atoms with Gasteiger partial charge in [0.1, 0.15) is 11.4 Å². The summed E-state index contributed by atoms with van der Waals surface area (Å²) < 4.78 is 5.40. The number of pyridine rings is 1. The Morgan fingerprint density at radius 3 is 3.04 bits per heavy atom. The first-order chi connectivity index (χ1) is 13.1. The number of fused-ring (bicyclic) bond motifs is 4. The highest BCUT2D eigenvalue weighted by Crippen LogP contribution is 2.38. The third kappa shape index (κ3) is 3.52. The Hall–Kier alpha value is -1.79. The van der Waals surface area contributed by atoms with Crippen molar-refractivity contribution < 1.29 is 4.74 Å². The Bertz CT molecular complexity index is 968. The average Bonchev–Trinajstić information content (AvgIpc) is 3.04. The summed E-state index contributed by atoms with van der Waals surface area (Å²) in [6.45, 7) is 2.25. The van der Waals surface area contributed by atoms with Gasteiger partial charge in [0, 0.05) is 39.5 Å². The number of anilines is 1. The van der Waals surface area contributed by atoms with Gasteiger partial charge in [0.05, 0.1) is 7.11 Å². The maximum Gasteiger partial charge on any atom is 0.140 e. The number of nitrogens with zero attached hydrogens (tertiary/aromatic N) is 2. The summed E-state index contributed by atoms with van der Waals surface area (Å²) in [6.07, 6.45) is 4.38. The third-order valence-electron chi connectivity index (χ3n) is 5.70. The van der Waals surface area contributed by atoms with Crippen molar-refractivity contribution in [3.63, 3.8) is 0 Å². The van der Waals surface area contributed by atoms with Crippen molar-refractivity contribution in [2.24, 2.45) is 5.92 Å². The molecule has 6 heteroatoms. The molecule has 0 saturated carbocycles. The molecule has 1 aliphatic rings. The molecule has 5 nitrogen and oxygen atoms in total. The highest BCUT2D eigenvalue weighted by molar-refractivity contribution is 9.09. The topological polar surface area (TPSA) is 67.2 Å². The SMILES string of the molecule is COc1ccc2[nH]c3nc4c(c(N)c3c2c1)CC(CN(C)CCCBr)CC4. The van der Waals surface area contributed by atoms with Crippen LogP contribution in [0.3, 0.4) is 0 Å². The Balaban J connectivity index is 1.69. The predicted octanol–water partition coefficient (Wildman–Crippen LogP) is 4.13. The molecule has 2 heterocycles. The van der Waals surface area contributed by atoms with E-state index in [0.29, 0.717) is 5.92 Å². The number of ether oxygens (including phenoxy) is 1. The molecule has 0 aliphatic heterocycles. The van der Waals surface area contributed by atoms with Gasteiger partial charge in [-0.05, 0) is 69.0 Å². The number of rotatable bonds is 6. The second-order valence-electron chi connectivity index (χ2n) is 7.62. The van der Waals surface area contributed by atoms with Gasteiger partial charge in [-0.2, -0.15) is 0 Å². The van der Waals surface area contributed by atoms with Crippen LogP contribution in [0.4, 0.5) is 5.69 Å². The van der Waals surface area contributed by atoms with E-state index in [1.54, 1.807) is 7.11 Å². The number of aromatic nitrogens is 2. The van der Waals surface area contributed by atoms with Gasteiger partial charge in [-0.25, -0.2) is 4.98 Å². The minimum absolute atomic E-state index is 0.638. The first-order valence-corrected chi connectivity index (χ1v) is 10.7. The standard InChI is InChI=1S/C21H27BrN4O/c1-26(9-3-8-22)12-13-4-6-18-16(10-13)20(23)19-15-11-14(27-2)5-7-17(15)24-21(19)25-18/h5,7,11,13H,3-4,6,8-10,12H2,1-2H3,(H3,23,24,25).